The van der Waals surface area contributed by atoms with Gasteiger partial charge in [0.15, 0.2) is 23.0 Å². The molecule has 7 nitrogen and oxygen atoms in total. The van der Waals surface area contributed by atoms with Gasteiger partial charge in [0.05, 0.1) is 41.7 Å². The highest BCUT2D eigenvalue weighted by Crippen LogP contribution is 2.50. The summed E-state index contributed by atoms with van der Waals surface area (Å²) in [6.45, 7) is 0. The van der Waals surface area contributed by atoms with Gasteiger partial charge < -0.3 is 33.5 Å². The normalized spacial score (nSPS) is 20.7. The number of benzene rings is 2. The molecule has 0 bridgehead atoms. The first-order chi connectivity index (χ1) is 14.5. The topological polar surface area (TPSA) is 75.6 Å². The molecule has 1 fully saturated rings. The van der Waals surface area contributed by atoms with Crippen LogP contribution in [0, 0.1) is 0 Å². The van der Waals surface area contributed by atoms with Crippen LogP contribution < -0.4 is 23.7 Å². The third-order valence-electron chi connectivity index (χ3n) is 5.90. The molecule has 0 amide bonds. The quantitative estimate of drug-likeness (QED) is 0.691. The van der Waals surface area contributed by atoms with E-state index in [0.29, 0.717) is 28.7 Å². The van der Waals surface area contributed by atoms with Crippen LogP contribution in [0.15, 0.2) is 24.3 Å². The highest BCUT2D eigenvalue weighted by Gasteiger charge is 2.39. The Kier molecular flexibility index (Phi) is 6.82. The SMILES string of the molecule is COc1cc([C@H]2CC[C@@H](c3cc(OC)c(OC)c(OC)c3)[C@@H]2OC)cc(OC)c1O. The summed E-state index contributed by atoms with van der Waals surface area (Å²) >= 11 is 0. The average Bonchev–Trinajstić information content (AvgIpc) is 3.22. The Morgan fingerprint density at radius 1 is 0.633 bits per heavy atom. The van der Waals surface area contributed by atoms with Gasteiger partial charge in [-0.1, -0.05) is 0 Å². The summed E-state index contributed by atoms with van der Waals surface area (Å²) in [5, 5.41) is 10.3. The molecule has 1 saturated carbocycles. The van der Waals surface area contributed by atoms with E-state index >= 15 is 0 Å². The predicted octanol–water partition coefficient (Wildman–Crippen LogP) is 4.11. The van der Waals surface area contributed by atoms with E-state index in [1.54, 1.807) is 28.4 Å². The number of methoxy groups -OCH3 is 6. The number of phenolic OH excluding ortho intramolecular Hbond substituents is 1. The van der Waals surface area contributed by atoms with Crippen LogP contribution in [-0.2, 0) is 4.74 Å². The van der Waals surface area contributed by atoms with E-state index in [-0.39, 0.29) is 23.7 Å². The van der Waals surface area contributed by atoms with E-state index in [1.165, 1.54) is 14.2 Å². The van der Waals surface area contributed by atoms with Crippen LogP contribution in [-0.4, -0.2) is 53.9 Å². The molecule has 0 spiro atoms. The molecule has 30 heavy (non-hydrogen) atoms. The molecule has 2 aromatic carbocycles. The van der Waals surface area contributed by atoms with Crippen LogP contribution in [0.5, 0.6) is 34.5 Å². The molecular formula is C23H30O7. The minimum atomic E-state index is -0.0771. The molecule has 0 saturated heterocycles. The standard InChI is InChI=1S/C23H30O7/c1-25-17-9-13(10-18(26-2)21(17)24)15-7-8-16(22(15)29-5)14-11-19(27-3)23(30-6)20(12-14)28-4/h9-12,15-16,22,24H,7-8H2,1-6H3/t15-,16+,22-/m1/s1. The van der Waals surface area contributed by atoms with Crippen LogP contribution in [0.25, 0.3) is 0 Å². The van der Waals surface area contributed by atoms with Gasteiger partial charge in [-0.15, -0.1) is 0 Å². The number of aromatic hydroxyl groups is 1. The fraction of sp³-hybridized carbons (Fsp3) is 0.478. The first-order valence-corrected chi connectivity index (χ1v) is 9.80. The zero-order valence-electron chi connectivity index (χ0n) is 18.4. The number of hydrogen-bond donors (Lipinski definition) is 1. The van der Waals surface area contributed by atoms with Crippen LogP contribution in [0.1, 0.15) is 35.8 Å². The molecule has 3 atom stereocenters. The monoisotopic (exact) mass is 418 g/mol. The van der Waals surface area contributed by atoms with E-state index in [9.17, 15) is 5.11 Å². The molecular weight excluding hydrogens is 388 g/mol. The summed E-state index contributed by atoms with van der Waals surface area (Å²) in [4.78, 5) is 0. The Balaban J connectivity index is 2.00. The van der Waals surface area contributed by atoms with Crippen LogP contribution >= 0.6 is 0 Å². The van der Waals surface area contributed by atoms with Crippen LogP contribution in [0.4, 0.5) is 0 Å². The summed E-state index contributed by atoms with van der Waals surface area (Å²) in [5.74, 6) is 2.83. The van der Waals surface area contributed by atoms with E-state index in [2.05, 4.69) is 0 Å². The van der Waals surface area contributed by atoms with Crippen molar-refractivity contribution in [3.63, 3.8) is 0 Å². The molecule has 164 valence electrons. The Bertz CT molecular complexity index is 830. The van der Waals surface area contributed by atoms with Crippen molar-refractivity contribution in [1.82, 2.24) is 0 Å². The van der Waals surface area contributed by atoms with Gasteiger partial charge in [0.2, 0.25) is 11.5 Å². The number of rotatable bonds is 8. The molecule has 0 aliphatic heterocycles. The Morgan fingerprint density at radius 3 is 1.37 bits per heavy atom. The summed E-state index contributed by atoms with van der Waals surface area (Å²) in [6.07, 6.45) is 1.76. The lowest BCUT2D eigenvalue weighted by atomic mass is 9.89. The lowest BCUT2D eigenvalue weighted by Crippen LogP contribution is -2.21. The van der Waals surface area contributed by atoms with E-state index in [1.807, 2.05) is 24.3 Å². The van der Waals surface area contributed by atoms with Crippen molar-refractivity contribution in [2.45, 2.75) is 30.8 Å². The highest BCUT2D eigenvalue weighted by atomic mass is 16.5. The van der Waals surface area contributed by atoms with Crippen LogP contribution in [0.3, 0.4) is 0 Å². The fourth-order valence-corrected chi connectivity index (χ4v) is 4.45. The zero-order chi connectivity index (χ0) is 21.8. The van der Waals surface area contributed by atoms with Crippen molar-refractivity contribution in [1.29, 1.82) is 0 Å². The van der Waals surface area contributed by atoms with Crippen molar-refractivity contribution in [3.05, 3.63) is 35.4 Å². The van der Waals surface area contributed by atoms with Crippen molar-refractivity contribution in [2.24, 2.45) is 0 Å². The smallest absolute Gasteiger partial charge is 0.203 e. The largest absolute Gasteiger partial charge is 0.502 e. The predicted molar refractivity (Wildman–Crippen MR) is 113 cm³/mol. The molecule has 0 radical (unpaired) electrons. The third kappa shape index (κ3) is 3.81. The molecule has 0 heterocycles. The summed E-state index contributed by atoms with van der Waals surface area (Å²) in [5.41, 5.74) is 2.07. The Hall–Kier alpha value is -2.80. The molecule has 0 aromatic heterocycles. The van der Waals surface area contributed by atoms with Crippen molar-refractivity contribution >= 4 is 0 Å². The Labute approximate surface area is 177 Å². The van der Waals surface area contributed by atoms with Crippen molar-refractivity contribution in [2.75, 3.05) is 42.7 Å². The van der Waals surface area contributed by atoms with Crippen LogP contribution in [0.2, 0.25) is 0 Å². The first-order valence-electron chi connectivity index (χ1n) is 9.80. The van der Waals surface area contributed by atoms with Gasteiger partial charge in [-0.25, -0.2) is 0 Å². The second-order valence-electron chi connectivity index (χ2n) is 7.22. The van der Waals surface area contributed by atoms with Crippen molar-refractivity contribution < 1.29 is 33.5 Å². The molecule has 2 aromatic rings. The van der Waals surface area contributed by atoms with E-state index < -0.39 is 0 Å². The second-order valence-corrected chi connectivity index (χ2v) is 7.22. The number of ether oxygens (including phenoxy) is 6. The highest BCUT2D eigenvalue weighted by molar-refractivity contribution is 5.56. The summed E-state index contributed by atoms with van der Waals surface area (Å²) in [6, 6.07) is 7.68. The maximum atomic E-state index is 10.3. The maximum absolute atomic E-state index is 10.3. The van der Waals surface area contributed by atoms with Gasteiger partial charge >= 0.3 is 0 Å². The average molecular weight is 418 g/mol. The summed E-state index contributed by atoms with van der Waals surface area (Å²) < 4.78 is 33.1. The van der Waals surface area contributed by atoms with Gasteiger partial charge in [-0.2, -0.15) is 0 Å². The number of hydrogen-bond acceptors (Lipinski definition) is 7. The molecule has 0 unspecified atom stereocenters. The van der Waals surface area contributed by atoms with Gasteiger partial charge in [-0.05, 0) is 48.2 Å². The molecule has 1 aliphatic carbocycles. The molecule has 3 rings (SSSR count). The van der Waals surface area contributed by atoms with E-state index in [0.717, 1.165) is 24.0 Å². The zero-order valence-corrected chi connectivity index (χ0v) is 18.4. The van der Waals surface area contributed by atoms with Gasteiger partial charge in [0.25, 0.3) is 0 Å². The number of phenols is 1. The fourth-order valence-electron chi connectivity index (χ4n) is 4.45. The summed E-state index contributed by atoms with van der Waals surface area (Å²) in [7, 11) is 9.60. The maximum Gasteiger partial charge on any atom is 0.203 e. The third-order valence-corrected chi connectivity index (χ3v) is 5.90. The Morgan fingerprint density at radius 2 is 1.03 bits per heavy atom. The van der Waals surface area contributed by atoms with Gasteiger partial charge in [0, 0.05) is 18.9 Å². The van der Waals surface area contributed by atoms with E-state index in [4.69, 9.17) is 28.4 Å². The molecule has 7 heteroatoms. The lowest BCUT2D eigenvalue weighted by molar-refractivity contribution is 0.0804. The first kappa shape index (κ1) is 21.9. The molecule has 1 N–H and O–H groups in total. The molecule has 1 aliphatic rings. The van der Waals surface area contributed by atoms with Gasteiger partial charge in [0.1, 0.15) is 0 Å². The van der Waals surface area contributed by atoms with Crippen molar-refractivity contribution in [3.8, 4) is 34.5 Å². The van der Waals surface area contributed by atoms with Gasteiger partial charge in [-0.3, -0.25) is 0 Å². The lowest BCUT2D eigenvalue weighted by Gasteiger charge is -2.26. The minimum Gasteiger partial charge on any atom is -0.502 e. The minimum absolute atomic E-state index is 0.00288. The second kappa shape index (κ2) is 9.34.